The van der Waals surface area contributed by atoms with Gasteiger partial charge in [-0.05, 0) is 12.5 Å². The first-order chi connectivity index (χ1) is 6.20. The summed E-state index contributed by atoms with van der Waals surface area (Å²) in [5, 5.41) is 0. The van der Waals surface area contributed by atoms with Gasteiger partial charge in [-0.1, -0.05) is 30.3 Å². The minimum absolute atomic E-state index is 0.199. The standard InChI is InChI=1S/C10H11F2N/c1-8(13-7-10(11)12)9-5-3-2-4-6-9/h2-8,10H,1H3. The van der Waals surface area contributed by atoms with Gasteiger partial charge in [-0.3, -0.25) is 4.99 Å². The van der Waals surface area contributed by atoms with E-state index in [9.17, 15) is 8.78 Å². The molecule has 0 N–H and O–H groups in total. The Hall–Kier alpha value is -1.25. The van der Waals surface area contributed by atoms with E-state index in [4.69, 9.17) is 0 Å². The Bertz CT molecular complexity index is 270. The van der Waals surface area contributed by atoms with Crippen molar-refractivity contribution in [1.82, 2.24) is 0 Å². The third-order valence-corrected chi connectivity index (χ3v) is 1.70. The number of hydrogen-bond donors (Lipinski definition) is 0. The number of aliphatic imine (C=N–C) groups is 1. The molecule has 1 nitrogen and oxygen atoms in total. The van der Waals surface area contributed by atoms with E-state index in [1.54, 1.807) is 6.92 Å². The first-order valence-electron chi connectivity index (χ1n) is 4.06. The van der Waals surface area contributed by atoms with Crippen LogP contribution in [0, 0.1) is 0 Å². The van der Waals surface area contributed by atoms with Crippen molar-refractivity contribution in [1.29, 1.82) is 0 Å². The maximum absolute atomic E-state index is 11.8. The lowest BCUT2D eigenvalue weighted by molar-refractivity contribution is 0.231. The smallest absolute Gasteiger partial charge is 0.273 e. The summed E-state index contributed by atoms with van der Waals surface area (Å²) in [6.07, 6.45) is -1.79. The van der Waals surface area contributed by atoms with E-state index in [1.165, 1.54) is 0 Å². The van der Waals surface area contributed by atoms with E-state index in [-0.39, 0.29) is 6.04 Å². The van der Waals surface area contributed by atoms with Crippen LogP contribution in [0.3, 0.4) is 0 Å². The third kappa shape index (κ3) is 3.32. The van der Waals surface area contributed by atoms with Gasteiger partial charge in [0.2, 0.25) is 0 Å². The van der Waals surface area contributed by atoms with Crippen LogP contribution in [-0.2, 0) is 0 Å². The van der Waals surface area contributed by atoms with Gasteiger partial charge in [0, 0.05) is 0 Å². The molecule has 0 aliphatic rings. The van der Waals surface area contributed by atoms with Crippen molar-refractivity contribution in [3.8, 4) is 0 Å². The van der Waals surface area contributed by atoms with Crippen LogP contribution in [0.4, 0.5) is 8.78 Å². The summed E-state index contributed by atoms with van der Waals surface area (Å²) in [7, 11) is 0. The molecule has 0 aliphatic heterocycles. The van der Waals surface area contributed by atoms with Crippen LogP contribution in [0.15, 0.2) is 35.3 Å². The summed E-state index contributed by atoms with van der Waals surface area (Å²) in [5.41, 5.74) is 0.944. The Kier molecular flexibility index (Phi) is 3.55. The summed E-state index contributed by atoms with van der Waals surface area (Å²) in [6, 6.07) is 9.15. The second-order valence-electron chi connectivity index (χ2n) is 2.72. The van der Waals surface area contributed by atoms with Gasteiger partial charge in [0.05, 0.1) is 12.3 Å². The molecule has 13 heavy (non-hydrogen) atoms. The minimum atomic E-state index is -2.47. The van der Waals surface area contributed by atoms with Crippen LogP contribution in [0.2, 0.25) is 0 Å². The Labute approximate surface area is 76.1 Å². The average molecular weight is 183 g/mol. The Morgan fingerprint density at radius 2 is 1.85 bits per heavy atom. The first-order valence-corrected chi connectivity index (χ1v) is 4.06. The molecule has 0 heterocycles. The van der Waals surface area contributed by atoms with Gasteiger partial charge in [-0.25, -0.2) is 8.78 Å². The van der Waals surface area contributed by atoms with Gasteiger partial charge in [-0.2, -0.15) is 0 Å². The summed E-state index contributed by atoms with van der Waals surface area (Å²) < 4.78 is 23.5. The highest BCUT2D eigenvalue weighted by Crippen LogP contribution is 2.15. The molecule has 0 aliphatic carbocycles. The Morgan fingerprint density at radius 3 is 2.38 bits per heavy atom. The molecule has 0 amide bonds. The normalized spacial score (nSPS) is 13.8. The topological polar surface area (TPSA) is 12.4 Å². The van der Waals surface area contributed by atoms with E-state index in [0.29, 0.717) is 6.21 Å². The lowest BCUT2D eigenvalue weighted by Crippen LogP contribution is -1.95. The van der Waals surface area contributed by atoms with E-state index in [2.05, 4.69) is 4.99 Å². The van der Waals surface area contributed by atoms with Gasteiger partial charge in [0.25, 0.3) is 6.43 Å². The number of rotatable bonds is 3. The van der Waals surface area contributed by atoms with Gasteiger partial charge >= 0.3 is 0 Å². The van der Waals surface area contributed by atoms with Crippen LogP contribution in [-0.4, -0.2) is 12.6 Å². The third-order valence-electron chi connectivity index (χ3n) is 1.70. The molecule has 1 atom stereocenters. The molecular formula is C10H11F2N. The molecule has 1 aromatic carbocycles. The van der Waals surface area contributed by atoms with Crippen LogP contribution in [0.1, 0.15) is 18.5 Å². The molecule has 3 heteroatoms. The van der Waals surface area contributed by atoms with Crippen LogP contribution in [0.5, 0.6) is 0 Å². The van der Waals surface area contributed by atoms with Crippen molar-refractivity contribution >= 4 is 6.21 Å². The largest absolute Gasteiger partial charge is 0.284 e. The fourth-order valence-corrected chi connectivity index (χ4v) is 1.01. The van der Waals surface area contributed by atoms with Crippen molar-refractivity contribution in [3.63, 3.8) is 0 Å². The predicted octanol–water partition coefficient (Wildman–Crippen LogP) is 3.08. The van der Waals surface area contributed by atoms with Crippen LogP contribution < -0.4 is 0 Å². The molecule has 1 aromatic rings. The van der Waals surface area contributed by atoms with E-state index >= 15 is 0 Å². The molecule has 0 bridgehead atoms. The van der Waals surface area contributed by atoms with Gasteiger partial charge in [-0.15, -0.1) is 0 Å². The summed E-state index contributed by atoms with van der Waals surface area (Å²) >= 11 is 0. The van der Waals surface area contributed by atoms with E-state index < -0.39 is 6.43 Å². The van der Waals surface area contributed by atoms with E-state index in [1.807, 2.05) is 30.3 Å². The number of hydrogen-bond acceptors (Lipinski definition) is 1. The number of alkyl halides is 2. The molecule has 70 valence electrons. The van der Waals surface area contributed by atoms with Crippen molar-refractivity contribution in [2.24, 2.45) is 4.99 Å². The molecule has 0 aromatic heterocycles. The van der Waals surface area contributed by atoms with Crippen molar-refractivity contribution in [3.05, 3.63) is 35.9 Å². The molecule has 1 unspecified atom stereocenters. The monoisotopic (exact) mass is 183 g/mol. The molecule has 0 radical (unpaired) electrons. The Morgan fingerprint density at radius 1 is 1.23 bits per heavy atom. The zero-order chi connectivity index (χ0) is 9.68. The highest BCUT2D eigenvalue weighted by Gasteiger charge is 2.02. The zero-order valence-corrected chi connectivity index (χ0v) is 7.32. The highest BCUT2D eigenvalue weighted by atomic mass is 19.3. The van der Waals surface area contributed by atoms with Crippen molar-refractivity contribution in [2.75, 3.05) is 0 Å². The summed E-state index contributed by atoms with van der Waals surface area (Å²) in [5.74, 6) is 0. The summed E-state index contributed by atoms with van der Waals surface area (Å²) in [4.78, 5) is 3.72. The van der Waals surface area contributed by atoms with Crippen LogP contribution in [0.25, 0.3) is 0 Å². The van der Waals surface area contributed by atoms with E-state index in [0.717, 1.165) is 5.56 Å². The van der Waals surface area contributed by atoms with Gasteiger partial charge in [0.1, 0.15) is 0 Å². The fraction of sp³-hybridized carbons (Fsp3) is 0.300. The summed E-state index contributed by atoms with van der Waals surface area (Å²) in [6.45, 7) is 1.79. The molecular weight excluding hydrogens is 172 g/mol. The average Bonchev–Trinajstić information content (AvgIpc) is 2.15. The Balaban J connectivity index is 2.64. The maximum Gasteiger partial charge on any atom is 0.273 e. The highest BCUT2D eigenvalue weighted by molar-refractivity contribution is 5.61. The second kappa shape index (κ2) is 4.70. The first kappa shape index (κ1) is 9.84. The number of halogens is 2. The van der Waals surface area contributed by atoms with Crippen molar-refractivity contribution in [2.45, 2.75) is 19.4 Å². The molecule has 0 spiro atoms. The SMILES string of the molecule is CC(N=CC(F)F)c1ccccc1. The van der Waals surface area contributed by atoms with Crippen molar-refractivity contribution < 1.29 is 8.78 Å². The number of benzene rings is 1. The lowest BCUT2D eigenvalue weighted by Gasteiger charge is -2.04. The quantitative estimate of drug-likeness (QED) is 0.638. The molecule has 0 saturated heterocycles. The van der Waals surface area contributed by atoms with Gasteiger partial charge < -0.3 is 0 Å². The molecule has 0 fully saturated rings. The fourth-order valence-electron chi connectivity index (χ4n) is 1.01. The second-order valence-corrected chi connectivity index (χ2v) is 2.72. The molecule has 0 saturated carbocycles. The zero-order valence-electron chi connectivity index (χ0n) is 7.32. The van der Waals surface area contributed by atoms with Gasteiger partial charge in [0.15, 0.2) is 0 Å². The minimum Gasteiger partial charge on any atom is -0.284 e. The molecule has 1 rings (SSSR count). The predicted molar refractivity (Wildman–Crippen MR) is 49.4 cm³/mol. The number of nitrogens with zero attached hydrogens (tertiary/aromatic N) is 1. The van der Waals surface area contributed by atoms with Crippen LogP contribution >= 0.6 is 0 Å². The maximum atomic E-state index is 11.8. The lowest BCUT2D eigenvalue weighted by atomic mass is 10.1.